The molecule has 0 aromatic heterocycles. The summed E-state index contributed by atoms with van der Waals surface area (Å²) in [4.78, 5) is 22.6. The topological polar surface area (TPSA) is 96.3 Å². The Labute approximate surface area is 166 Å². The molecule has 0 bridgehead atoms. The van der Waals surface area contributed by atoms with Crippen LogP contribution in [0.25, 0.3) is 0 Å². The SMILES string of the molecule is CCOP(=O)(O)C(N(Cc1ccccc1)Cc1ccccc1)P(=O)(O)OCC. The minimum absolute atomic E-state index is 0.0685. The molecule has 0 saturated carbocycles. The average Bonchev–Trinajstić information content (AvgIpc) is 2.62. The maximum absolute atomic E-state index is 12.9. The van der Waals surface area contributed by atoms with E-state index < -0.39 is 20.7 Å². The molecule has 2 unspecified atom stereocenters. The standard InChI is InChI=1S/C19H27NO6P2/c1-3-25-27(21,22)19(28(23,24)26-4-2)20(15-17-11-7-5-8-12-17)16-18-13-9-6-10-14-18/h5-14,19H,3-4,15-16H2,1-2H3,(H,21,22)(H,23,24). The van der Waals surface area contributed by atoms with E-state index in [2.05, 4.69) is 0 Å². The third kappa shape index (κ3) is 6.36. The summed E-state index contributed by atoms with van der Waals surface area (Å²) in [6, 6.07) is 18.5. The summed E-state index contributed by atoms with van der Waals surface area (Å²) in [5.74, 6) is 0. The first-order valence-electron chi connectivity index (χ1n) is 9.06. The van der Waals surface area contributed by atoms with Gasteiger partial charge in [0.1, 0.15) is 0 Å². The van der Waals surface area contributed by atoms with Crippen LogP contribution in [-0.2, 0) is 31.3 Å². The molecule has 2 rings (SSSR count). The Bertz CT molecular complexity index is 750. The van der Waals surface area contributed by atoms with Gasteiger partial charge in [-0.3, -0.25) is 14.0 Å². The van der Waals surface area contributed by atoms with Crippen LogP contribution >= 0.6 is 15.2 Å². The third-order valence-electron chi connectivity index (χ3n) is 4.00. The van der Waals surface area contributed by atoms with Crippen LogP contribution in [0.15, 0.2) is 60.7 Å². The Morgan fingerprint density at radius 3 is 1.46 bits per heavy atom. The van der Waals surface area contributed by atoms with Crippen LogP contribution in [0.3, 0.4) is 0 Å². The fraction of sp³-hybridized carbons (Fsp3) is 0.368. The minimum atomic E-state index is -4.50. The zero-order chi connectivity index (χ0) is 20.6. The van der Waals surface area contributed by atoms with Crippen LogP contribution < -0.4 is 0 Å². The summed E-state index contributed by atoms with van der Waals surface area (Å²) in [7, 11) is -8.99. The first-order chi connectivity index (χ1) is 13.3. The summed E-state index contributed by atoms with van der Waals surface area (Å²) in [5.41, 5.74) is -0.0480. The molecule has 7 nitrogen and oxygen atoms in total. The van der Waals surface area contributed by atoms with Gasteiger partial charge in [-0.25, -0.2) is 0 Å². The summed E-state index contributed by atoms with van der Waals surface area (Å²) >= 11 is 0. The van der Waals surface area contributed by atoms with Crippen LogP contribution in [0.2, 0.25) is 0 Å². The molecule has 154 valence electrons. The molecule has 0 aliphatic heterocycles. The van der Waals surface area contributed by atoms with Gasteiger partial charge in [-0.15, -0.1) is 0 Å². The Kier molecular flexibility index (Phi) is 8.59. The van der Waals surface area contributed by atoms with E-state index in [1.165, 1.54) is 4.90 Å². The maximum atomic E-state index is 12.9. The van der Waals surface area contributed by atoms with E-state index in [1.807, 2.05) is 60.7 Å². The van der Waals surface area contributed by atoms with E-state index in [4.69, 9.17) is 9.05 Å². The monoisotopic (exact) mass is 427 g/mol. The Morgan fingerprint density at radius 1 is 0.786 bits per heavy atom. The molecular formula is C19H27NO6P2. The Morgan fingerprint density at radius 2 is 1.14 bits per heavy atom. The Balaban J connectivity index is 2.49. The van der Waals surface area contributed by atoms with Gasteiger partial charge in [0.25, 0.3) is 0 Å². The fourth-order valence-corrected chi connectivity index (χ4v) is 6.99. The number of nitrogens with zero attached hydrogens (tertiary/aromatic N) is 1. The van der Waals surface area contributed by atoms with Gasteiger partial charge in [-0.1, -0.05) is 60.7 Å². The molecule has 0 aliphatic rings. The van der Waals surface area contributed by atoms with E-state index in [9.17, 15) is 18.9 Å². The van der Waals surface area contributed by atoms with Crippen molar-refractivity contribution in [2.24, 2.45) is 0 Å². The molecular weight excluding hydrogens is 400 g/mol. The van der Waals surface area contributed by atoms with Gasteiger partial charge in [0.15, 0.2) is 0 Å². The van der Waals surface area contributed by atoms with E-state index >= 15 is 0 Å². The third-order valence-corrected chi connectivity index (χ3v) is 8.82. The lowest BCUT2D eigenvalue weighted by Crippen LogP contribution is -2.35. The fourth-order valence-electron chi connectivity index (χ4n) is 2.96. The van der Waals surface area contributed by atoms with Crippen LogP contribution in [0.4, 0.5) is 0 Å². The van der Waals surface area contributed by atoms with Crippen molar-refractivity contribution in [3.8, 4) is 0 Å². The lowest BCUT2D eigenvalue weighted by Gasteiger charge is -2.35. The van der Waals surface area contributed by atoms with Crippen LogP contribution in [0.1, 0.15) is 25.0 Å². The van der Waals surface area contributed by atoms with Crippen molar-refractivity contribution in [2.75, 3.05) is 13.2 Å². The molecule has 0 aliphatic carbocycles. The molecule has 28 heavy (non-hydrogen) atoms. The predicted octanol–water partition coefficient (Wildman–Crippen LogP) is 4.42. The van der Waals surface area contributed by atoms with Crippen molar-refractivity contribution in [3.63, 3.8) is 0 Å². The van der Waals surface area contributed by atoms with Crippen molar-refractivity contribution in [1.29, 1.82) is 0 Å². The lowest BCUT2D eigenvalue weighted by molar-refractivity contribution is 0.177. The first-order valence-corrected chi connectivity index (χ1v) is 12.4. The average molecular weight is 427 g/mol. The highest BCUT2D eigenvalue weighted by Crippen LogP contribution is 2.66. The van der Waals surface area contributed by atoms with Gasteiger partial charge >= 0.3 is 15.2 Å². The molecule has 0 amide bonds. The van der Waals surface area contributed by atoms with Crippen LogP contribution in [0.5, 0.6) is 0 Å². The van der Waals surface area contributed by atoms with Gasteiger partial charge in [0, 0.05) is 13.1 Å². The zero-order valence-corrected chi connectivity index (χ0v) is 17.8. The molecule has 0 spiro atoms. The lowest BCUT2D eigenvalue weighted by atomic mass is 10.2. The quantitative estimate of drug-likeness (QED) is 0.513. The minimum Gasteiger partial charge on any atom is -0.323 e. The van der Waals surface area contributed by atoms with Crippen LogP contribution in [-0.4, -0.2) is 33.4 Å². The normalized spacial score (nSPS) is 17.0. The highest BCUT2D eigenvalue weighted by atomic mass is 31.2. The first kappa shape index (κ1) is 23.0. The zero-order valence-electron chi connectivity index (χ0n) is 16.0. The number of hydrogen-bond donors (Lipinski definition) is 2. The molecule has 2 aromatic rings. The van der Waals surface area contributed by atoms with Crippen molar-refractivity contribution in [1.82, 2.24) is 4.90 Å². The predicted molar refractivity (Wildman–Crippen MR) is 109 cm³/mol. The molecule has 2 atom stereocenters. The molecule has 0 fully saturated rings. The number of hydrogen-bond acceptors (Lipinski definition) is 5. The maximum Gasteiger partial charge on any atom is 0.357 e. The molecule has 0 saturated heterocycles. The van der Waals surface area contributed by atoms with E-state index in [0.29, 0.717) is 0 Å². The highest BCUT2D eigenvalue weighted by Gasteiger charge is 2.51. The van der Waals surface area contributed by atoms with Gasteiger partial charge in [0.05, 0.1) is 13.2 Å². The second-order valence-electron chi connectivity index (χ2n) is 6.19. The summed E-state index contributed by atoms with van der Waals surface area (Å²) in [6.07, 6.45) is 0. The van der Waals surface area contributed by atoms with Gasteiger partial charge in [0.2, 0.25) is 5.52 Å². The Hall–Kier alpha value is -1.30. The van der Waals surface area contributed by atoms with E-state index in [1.54, 1.807) is 13.8 Å². The number of benzene rings is 2. The molecule has 0 heterocycles. The molecule has 2 aromatic carbocycles. The van der Waals surface area contributed by atoms with E-state index in [-0.39, 0.29) is 26.3 Å². The summed E-state index contributed by atoms with van der Waals surface area (Å²) < 4.78 is 35.9. The largest absolute Gasteiger partial charge is 0.357 e. The molecule has 2 N–H and O–H groups in total. The van der Waals surface area contributed by atoms with Crippen molar-refractivity contribution >= 4 is 15.2 Å². The van der Waals surface area contributed by atoms with E-state index in [0.717, 1.165) is 11.1 Å². The molecule has 9 heteroatoms. The van der Waals surface area contributed by atoms with Gasteiger partial charge in [-0.2, -0.15) is 0 Å². The smallest absolute Gasteiger partial charge is 0.323 e. The van der Waals surface area contributed by atoms with Crippen LogP contribution in [0, 0.1) is 0 Å². The van der Waals surface area contributed by atoms with Crippen molar-refractivity contribution in [2.45, 2.75) is 32.5 Å². The second-order valence-corrected chi connectivity index (χ2v) is 10.3. The van der Waals surface area contributed by atoms with Gasteiger partial charge < -0.3 is 18.8 Å². The summed E-state index contributed by atoms with van der Waals surface area (Å²) in [6.45, 7) is 3.33. The van der Waals surface area contributed by atoms with Crippen molar-refractivity contribution < 1.29 is 28.0 Å². The van der Waals surface area contributed by atoms with Gasteiger partial charge in [-0.05, 0) is 25.0 Å². The highest BCUT2D eigenvalue weighted by molar-refractivity contribution is 7.71. The molecule has 0 radical (unpaired) electrons. The van der Waals surface area contributed by atoms with Crippen molar-refractivity contribution in [3.05, 3.63) is 71.8 Å². The number of rotatable bonds is 11. The summed E-state index contributed by atoms with van der Waals surface area (Å²) in [5, 5.41) is 0. The second kappa shape index (κ2) is 10.5.